The fourth-order valence-corrected chi connectivity index (χ4v) is 9.55. The van der Waals surface area contributed by atoms with E-state index >= 15 is 0 Å². The first kappa shape index (κ1) is 26.0. The summed E-state index contributed by atoms with van der Waals surface area (Å²) in [5.41, 5.74) is 13.8. The summed E-state index contributed by atoms with van der Waals surface area (Å²) in [6.45, 7) is -0.0179. The summed E-state index contributed by atoms with van der Waals surface area (Å²) in [6, 6.07) is 52.1. The second kappa shape index (κ2) is 9.31. The third-order valence-corrected chi connectivity index (χ3v) is 11.5. The first-order chi connectivity index (χ1) is 24.3. The van der Waals surface area contributed by atoms with Gasteiger partial charge in [0.15, 0.2) is 23.0 Å². The van der Waals surface area contributed by atoms with Crippen LogP contribution in [0.2, 0.25) is 0 Å². The molecule has 7 heteroatoms. The Bertz CT molecular complexity index is 2430. The van der Waals surface area contributed by atoms with E-state index in [9.17, 15) is 0 Å². The van der Waals surface area contributed by atoms with Gasteiger partial charge in [-0.1, -0.05) is 84.6 Å². The highest BCUT2D eigenvalue weighted by Crippen LogP contribution is 2.58. The van der Waals surface area contributed by atoms with Crippen molar-refractivity contribution < 1.29 is 9.47 Å². The van der Waals surface area contributed by atoms with Gasteiger partial charge in [-0.05, 0) is 89.2 Å². The lowest BCUT2D eigenvalue weighted by Gasteiger charge is -2.47. The summed E-state index contributed by atoms with van der Waals surface area (Å²) in [5.74, 6) is 3.44. The van der Waals surface area contributed by atoms with E-state index in [1.807, 2.05) is 23.9 Å². The van der Waals surface area contributed by atoms with Gasteiger partial charge in [0.25, 0.3) is 6.71 Å². The number of fused-ring (bicyclic) bond motifs is 10. The van der Waals surface area contributed by atoms with Gasteiger partial charge >= 0.3 is 0 Å². The molecule has 5 heterocycles. The molecule has 5 aliphatic heterocycles. The molecule has 0 radical (unpaired) electrons. The van der Waals surface area contributed by atoms with Gasteiger partial charge < -0.3 is 24.2 Å². The Morgan fingerprint density at radius 2 is 0.857 bits per heavy atom. The van der Waals surface area contributed by atoms with E-state index in [-0.39, 0.29) is 6.71 Å². The van der Waals surface area contributed by atoms with Crippen LogP contribution in [0, 0.1) is 0 Å². The Hall–Kier alpha value is -6.05. The van der Waals surface area contributed by atoms with Crippen molar-refractivity contribution in [2.75, 3.05) is 14.7 Å². The number of para-hydroxylation sites is 8. The van der Waals surface area contributed by atoms with Crippen LogP contribution in [0.1, 0.15) is 0 Å². The first-order valence-electron chi connectivity index (χ1n) is 16.6. The molecule has 5 aliphatic rings. The monoisotopic (exact) mass is 645 g/mol. The third-order valence-electron chi connectivity index (χ3n) is 10.4. The van der Waals surface area contributed by atoms with Crippen LogP contribution >= 0.6 is 11.8 Å². The quantitative estimate of drug-likeness (QED) is 0.165. The van der Waals surface area contributed by atoms with Crippen LogP contribution in [0.5, 0.6) is 23.0 Å². The zero-order valence-corrected chi connectivity index (χ0v) is 26.8. The minimum Gasteiger partial charge on any atom is -0.453 e. The predicted molar refractivity (Wildman–Crippen MR) is 199 cm³/mol. The molecular weight excluding hydrogens is 621 g/mol. The Kier molecular flexibility index (Phi) is 4.93. The number of nitrogens with zero attached hydrogens (tertiary/aromatic N) is 3. The Balaban J connectivity index is 1.23. The maximum Gasteiger partial charge on any atom is 0.252 e. The van der Waals surface area contributed by atoms with Gasteiger partial charge in [0.1, 0.15) is 0 Å². The van der Waals surface area contributed by atoms with Crippen molar-refractivity contribution in [3.8, 4) is 23.0 Å². The molecule has 12 rings (SSSR count). The molecule has 0 atom stereocenters. The number of ether oxygens (including phenoxy) is 2. The second-order valence-electron chi connectivity index (χ2n) is 12.9. The van der Waals surface area contributed by atoms with Gasteiger partial charge in [-0.2, -0.15) is 0 Å². The van der Waals surface area contributed by atoms with E-state index in [0.717, 1.165) is 62.8 Å². The summed E-state index contributed by atoms with van der Waals surface area (Å²) < 4.78 is 13.3. The van der Waals surface area contributed by atoms with Gasteiger partial charge in [-0.3, -0.25) is 0 Å². The van der Waals surface area contributed by atoms with Crippen molar-refractivity contribution in [3.05, 3.63) is 146 Å². The number of benzene rings is 7. The zero-order valence-electron chi connectivity index (χ0n) is 26.0. The fourth-order valence-electron chi connectivity index (χ4n) is 8.49. The van der Waals surface area contributed by atoms with Crippen molar-refractivity contribution in [1.82, 2.24) is 0 Å². The molecule has 0 unspecified atom stereocenters. The van der Waals surface area contributed by atoms with E-state index in [4.69, 9.17) is 9.47 Å². The van der Waals surface area contributed by atoms with Crippen molar-refractivity contribution in [1.29, 1.82) is 0 Å². The molecule has 0 bridgehead atoms. The topological polar surface area (TPSA) is 28.2 Å². The molecule has 0 aliphatic carbocycles. The van der Waals surface area contributed by atoms with Crippen LogP contribution in [0.4, 0.5) is 51.2 Å². The lowest BCUT2D eigenvalue weighted by Crippen LogP contribution is -2.61. The average Bonchev–Trinajstić information content (AvgIpc) is 3.15. The van der Waals surface area contributed by atoms with Crippen LogP contribution in [0.3, 0.4) is 0 Å². The maximum atomic E-state index is 6.64. The summed E-state index contributed by atoms with van der Waals surface area (Å²) >= 11 is 1.83. The number of hydrogen-bond acceptors (Lipinski definition) is 6. The van der Waals surface area contributed by atoms with E-state index in [2.05, 4.69) is 148 Å². The standard InChI is InChI=1S/C42H24BN3O2S/c1-5-17-34-28(13-1)45-32-23-25(44-30-15-3-7-21-38(30)49-39-22-8-4-16-31(39)44)24-33-40(32)43(26-11-9-19-36(47-34)41(26)45)27-12-10-20-37-42(27)46(33)29-14-2-6-18-35(29)48-37/h1-24H. The van der Waals surface area contributed by atoms with Crippen molar-refractivity contribution >= 4 is 86.0 Å². The SMILES string of the molecule is c1ccc2c(c1)Oc1cccc3c1N2c1cc(N2c4ccccc4Sc4ccccc42)cc2c1B3c1cccc3c1N2c1ccccc1O3. The van der Waals surface area contributed by atoms with Gasteiger partial charge in [-0.15, -0.1) is 0 Å². The minimum absolute atomic E-state index is 0.0179. The number of hydrogen-bond donors (Lipinski definition) is 0. The van der Waals surface area contributed by atoms with Crippen LogP contribution in [-0.2, 0) is 0 Å². The summed E-state index contributed by atoms with van der Waals surface area (Å²) in [4.78, 5) is 9.80. The van der Waals surface area contributed by atoms with Gasteiger partial charge in [0.05, 0.1) is 39.8 Å². The smallest absolute Gasteiger partial charge is 0.252 e. The Labute approximate surface area is 287 Å². The molecule has 0 N–H and O–H groups in total. The first-order valence-corrected chi connectivity index (χ1v) is 17.4. The normalized spacial score (nSPS) is 14.6. The molecule has 49 heavy (non-hydrogen) atoms. The molecule has 0 amide bonds. The minimum atomic E-state index is -0.0179. The van der Waals surface area contributed by atoms with Crippen molar-refractivity contribution in [2.45, 2.75) is 9.79 Å². The van der Waals surface area contributed by atoms with E-state index in [0.29, 0.717) is 0 Å². The molecular formula is C42H24BN3O2S. The molecule has 0 aromatic heterocycles. The van der Waals surface area contributed by atoms with Crippen molar-refractivity contribution in [3.63, 3.8) is 0 Å². The van der Waals surface area contributed by atoms with E-state index in [1.165, 1.54) is 37.6 Å². The molecule has 0 saturated carbocycles. The van der Waals surface area contributed by atoms with Crippen LogP contribution in [0.15, 0.2) is 155 Å². The fraction of sp³-hybridized carbons (Fsp3) is 0. The van der Waals surface area contributed by atoms with Gasteiger partial charge in [0.2, 0.25) is 0 Å². The highest BCUT2D eigenvalue weighted by atomic mass is 32.2. The molecule has 0 spiro atoms. The summed E-state index contributed by atoms with van der Waals surface area (Å²) in [6.07, 6.45) is 0. The third kappa shape index (κ3) is 3.32. The largest absolute Gasteiger partial charge is 0.453 e. The van der Waals surface area contributed by atoms with E-state index in [1.54, 1.807) is 0 Å². The molecule has 0 fully saturated rings. The average molecular weight is 646 g/mol. The van der Waals surface area contributed by atoms with E-state index < -0.39 is 0 Å². The van der Waals surface area contributed by atoms with Gasteiger partial charge in [0, 0.05) is 21.2 Å². The summed E-state index contributed by atoms with van der Waals surface area (Å²) in [5, 5.41) is 0. The van der Waals surface area contributed by atoms with Gasteiger partial charge in [-0.25, -0.2) is 0 Å². The zero-order chi connectivity index (χ0) is 31.8. The lowest BCUT2D eigenvalue weighted by molar-refractivity contribution is 0.477. The molecule has 0 saturated heterocycles. The molecule has 7 aromatic rings. The number of anilines is 9. The Morgan fingerprint density at radius 3 is 1.39 bits per heavy atom. The lowest BCUT2D eigenvalue weighted by atomic mass is 9.33. The van der Waals surface area contributed by atoms with Crippen LogP contribution in [-0.4, -0.2) is 6.71 Å². The maximum absolute atomic E-state index is 6.64. The Morgan fingerprint density at radius 1 is 0.408 bits per heavy atom. The second-order valence-corrected chi connectivity index (χ2v) is 14.0. The number of rotatable bonds is 1. The van der Waals surface area contributed by atoms with Crippen LogP contribution in [0.25, 0.3) is 0 Å². The highest BCUT2D eigenvalue weighted by Gasteiger charge is 2.48. The highest BCUT2D eigenvalue weighted by molar-refractivity contribution is 7.99. The predicted octanol–water partition coefficient (Wildman–Crippen LogP) is 9.91. The summed E-state index contributed by atoms with van der Waals surface area (Å²) in [7, 11) is 0. The van der Waals surface area contributed by atoms with Crippen LogP contribution < -0.4 is 40.6 Å². The van der Waals surface area contributed by atoms with Crippen molar-refractivity contribution in [2.24, 2.45) is 0 Å². The molecule has 228 valence electrons. The molecule has 7 aromatic carbocycles. The molecule has 5 nitrogen and oxygen atoms in total.